The van der Waals surface area contributed by atoms with E-state index >= 15 is 0 Å². The molecular formula is C21H27N3O4S2. The van der Waals surface area contributed by atoms with Gasteiger partial charge in [0.2, 0.25) is 5.91 Å². The molecule has 1 unspecified atom stereocenters. The number of nitrogens with one attached hydrogen (secondary N) is 2. The third-order valence-corrected chi connectivity index (χ3v) is 7.44. The molecule has 0 aliphatic carbocycles. The van der Waals surface area contributed by atoms with Gasteiger partial charge >= 0.3 is 0 Å². The van der Waals surface area contributed by atoms with E-state index in [1.54, 1.807) is 23.6 Å². The number of carbonyl (C=O) groups is 1. The van der Waals surface area contributed by atoms with Crippen LogP contribution >= 0.6 is 11.3 Å². The number of sulfonamides is 1. The molecule has 0 saturated heterocycles. The monoisotopic (exact) mass is 449 g/mol. The summed E-state index contributed by atoms with van der Waals surface area (Å²) < 4.78 is 27.0. The van der Waals surface area contributed by atoms with Crippen molar-refractivity contribution in [3.8, 4) is 6.07 Å². The second-order valence-electron chi connectivity index (χ2n) is 7.99. The number of nitrogens with zero attached hydrogens (tertiary/aromatic N) is 1. The van der Waals surface area contributed by atoms with Gasteiger partial charge in [0, 0.05) is 5.69 Å². The van der Waals surface area contributed by atoms with Crippen molar-refractivity contribution >= 4 is 33.0 Å². The molecule has 1 atom stereocenters. The van der Waals surface area contributed by atoms with Gasteiger partial charge in [-0.1, -0.05) is 33.8 Å². The maximum Gasteiger partial charge on any atom is 0.252 e. The zero-order valence-electron chi connectivity index (χ0n) is 17.7. The van der Waals surface area contributed by atoms with Crippen LogP contribution in [-0.4, -0.2) is 25.2 Å². The minimum atomic E-state index is -3.94. The number of hydrogen-bond donors (Lipinski definition) is 3. The zero-order chi connectivity index (χ0) is 22.7. The van der Waals surface area contributed by atoms with Gasteiger partial charge in [-0.2, -0.15) is 9.98 Å². The molecule has 30 heavy (non-hydrogen) atoms. The van der Waals surface area contributed by atoms with Crippen LogP contribution in [0.2, 0.25) is 0 Å². The molecule has 0 bridgehead atoms. The van der Waals surface area contributed by atoms with Crippen LogP contribution in [0.15, 0.2) is 33.9 Å². The van der Waals surface area contributed by atoms with Gasteiger partial charge < -0.3 is 10.4 Å². The van der Waals surface area contributed by atoms with Crippen LogP contribution in [0.25, 0.3) is 0 Å². The highest BCUT2D eigenvalue weighted by Crippen LogP contribution is 2.34. The van der Waals surface area contributed by atoms with Crippen LogP contribution in [0.5, 0.6) is 0 Å². The Kier molecular flexibility index (Phi) is 7.42. The van der Waals surface area contributed by atoms with Crippen molar-refractivity contribution in [3.63, 3.8) is 0 Å². The maximum absolute atomic E-state index is 12.7. The van der Waals surface area contributed by atoms with E-state index in [2.05, 4.69) is 16.1 Å². The van der Waals surface area contributed by atoms with Crippen LogP contribution in [0.4, 0.5) is 5.69 Å². The molecular weight excluding hydrogens is 422 g/mol. The highest BCUT2D eigenvalue weighted by molar-refractivity contribution is 7.91. The minimum absolute atomic E-state index is 0.0453. The van der Waals surface area contributed by atoms with Gasteiger partial charge in [0.1, 0.15) is 9.93 Å². The van der Waals surface area contributed by atoms with E-state index in [9.17, 15) is 23.6 Å². The van der Waals surface area contributed by atoms with Gasteiger partial charge in [-0.15, -0.1) is 11.3 Å². The zero-order valence-corrected chi connectivity index (χ0v) is 19.3. The number of anilines is 1. The van der Waals surface area contributed by atoms with Crippen LogP contribution in [0, 0.1) is 11.3 Å². The molecule has 9 heteroatoms. The molecule has 0 saturated carbocycles. The van der Waals surface area contributed by atoms with Crippen LogP contribution in [-0.2, 0) is 14.8 Å². The molecule has 1 aromatic carbocycles. The highest BCUT2D eigenvalue weighted by Gasteiger charge is 2.32. The Balaban J connectivity index is 2.28. The molecule has 2 rings (SSSR count). The molecule has 3 N–H and O–H groups in total. The topological polar surface area (TPSA) is 119 Å². The Hall–Kier alpha value is -2.25. The number of aliphatic hydroxyl groups is 1. The van der Waals surface area contributed by atoms with Crippen LogP contribution in [0.1, 0.15) is 69.6 Å². The van der Waals surface area contributed by atoms with Crippen LogP contribution in [0.3, 0.4) is 0 Å². The van der Waals surface area contributed by atoms with E-state index in [4.69, 9.17) is 0 Å². The first-order valence-electron chi connectivity index (χ1n) is 9.54. The number of nitriles is 1. The molecule has 0 aliphatic heterocycles. The van der Waals surface area contributed by atoms with Gasteiger partial charge in [0.15, 0.2) is 0 Å². The fourth-order valence-corrected chi connectivity index (χ4v) is 5.35. The minimum Gasteiger partial charge on any atom is -0.375 e. The average Bonchev–Trinajstić information content (AvgIpc) is 3.15. The van der Waals surface area contributed by atoms with Crippen molar-refractivity contribution in [1.82, 2.24) is 4.72 Å². The summed E-state index contributed by atoms with van der Waals surface area (Å²) in [6.07, 6.45) is -0.479. The van der Waals surface area contributed by atoms with Crippen molar-refractivity contribution < 1.29 is 18.3 Å². The van der Waals surface area contributed by atoms with Gasteiger partial charge in [-0.05, 0) is 53.5 Å². The first kappa shape index (κ1) is 24.0. The van der Waals surface area contributed by atoms with Gasteiger partial charge in [0.05, 0.1) is 18.1 Å². The molecule has 0 spiro atoms. The summed E-state index contributed by atoms with van der Waals surface area (Å²) in [5.74, 6) is -0.449. The molecule has 1 aromatic heterocycles. The molecule has 1 amide bonds. The van der Waals surface area contributed by atoms with E-state index < -0.39 is 28.1 Å². The van der Waals surface area contributed by atoms with Crippen molar-refractivity contribution in [2.45, 2.75) is 62.8 Å². The number of carbonyl (C=O) groups excluding carboxylic acids is 1. The summed E-state index contributed by atoms with van der Waals surface area (Å²) in [4.78, 5) is 12.7. The van der Waals surface area contributed by atoms with Gasteiger partial charge in [0.25, 0.3) is 10.0 Å². The lowest BCUT2D eigenvalue weighted by molar-refractivity contribution is -0.120. The number of benzene rings is 1. The molecule has 0 fully saturated rings. The lowest BCUT2D eigenvalue weighted by atomic mass is 9.90. The normalized spacial score (nSPS) is 13.8. The van der Waals surface area contributed by atoms with Crippen LogP contribution < -0.4 is 10.0 Å². The Morgan fingerprint density at radius 3 is 2.23 bits per heavy atom. The van der Waals surface area contributed by atoms with Crippen molar-refractivity contribution in [1.29, 1.82) is 5.26 Å². The molecule has 162 valence electrons. The first-order chi connectivity index (χ1) is 13.9. The van der Waals surface area contributed by atoms with E-state index in [-0.39, 0.29) is 16.0 Å². The number of thiophene rings is 1. The molecule has 7 nitrogen and oxygen atoms in total. The molecule has 1 heterocycles. The number of rotatable bonds is 8. The summed E-state index contributed by atoms with van der Waals surface area (Å²) in [6.45, 7) is 9.08. The predicted molar refractivity (Wildman–Crippen MR) is 118 cm³/mol. The fraction of sp³-hybridized carbons (Fsp3) is 0.429. The summed E-state index contributed by atoms with van der Waals surface area (Å²) in [5, 5.41) is 24.3. The van der Waals surface area contributed by atoms with E-state index in [0.717, 1.165) is 22.5 Å². The Bertz CT molecular complexity index is 1020. The summed E-state index contributed by atoms with van der Waals surface area (Å²) in [6, 6.07) is 8.64. The maximum atomic E-state index is 12.7. The first-order valence-corrected chi connectivity index (χ1v) is 11.9. The third kappa shape index (κ3) is 5.89. The third-order valence-electron chi connectivity index (χ3n) is 4.46. The lowest BCUT2D eigenvalue weighted by Crippen LogP contribution is -2.47. The van der Waals surface area contributed by atoms with E-state index in [1.165, 1.54) is 13.0 Å². The van der Waals surface area contributed by atoms with Crippen molar-refractivity contribution in [2.75, 3.05) is 5.32 Å². The Morgan fingerprint density at radius 1 is 1.23 bits per heavy atom. The summed E-state index contributed by atoms with van der Waals surface area (Å²) in [5.41, 5.74) is 0.752. The quantitative estimate of drug-likeness (QED) is 0.528. The molecule has 0 aliphatic rings. The van der Waals surface area contributed by atoms with Gasteiger partial charge in [-0.25, -0.2) is 8.42 Å². The summed E-state index contributed by atoms with van der Waals surface area (Å²) in [7, 11) is -3.94. The predicted octanol–water partition coefficient (Wildman–Crippen LogP) is 3.88. The standard InChI is InChI=1S/C21H27N3O4S2/c1-13(2)16-9-15(12-22)10-17(14(3)4)20(16)23-18(25)11-21(5,26)24-30(27,28)19-7-6-8-29-19/h6-10,13-14,24,26H,11H2,1-5H3,(H,23,25). The smallest absolute Gasteiger partial charge is 0.252 e. The van der Waals surface area contributed by atoms with E-state index in [1.807, 2.05) is 27.7 Å². The molecule has 0 radical (unpaired) electrons. The largest absolute Gasteiger partial charge is 0.375 e. The van der Waals surface area contributed by atoms with Crippen molar-refractivity contribution in [3.05, 3.63) is 46.3 Å². The van der Waals surface area contributed by atoms with Crippen molar-refractivity contribution in [2.24, 2.45) is 0 Å². The van der Waals surface area contributed by atoms with E-state index in [0.29, 0.717) is 11.3 Å². The Morgan fingerprint density at radius 2 is 1.80 bits per heavy atom. The summed E-state index contributed by atoms with van der Waals surface area (Å²) >= 11 is 1.02. The number of amides is 1. The van der Waals surface area contributed by atoms with Gasteiger partial charge in [-0.3, -0.25) is 4.79 Å². The Labute approximate surface area is 181 Å². The second kappa shape index (κ2) is 9.27. The fourth-order valence-electron chi connectivity index (χ4n) is 3.10. The highest BCUT2D eigenvalue weighted by atomic mass is 32.2. The number of hydrogen-bond acceptors (Lipinski definition) is 6. The SMILES string of the molecule is CC(C)c1cc(C#N)cc(C(C)C)c1NC(=O)CC(C)(O)NS(=O)(=O)c1cccs1. The average molecular weight is 450 g/mol. The molecule has 2 aromatic rings. The second-order valence-corrected chi connectivity index (χ2v) is 10.8. The lowest BCUT2D eigenvalue weighted by Gasteiger charge is -2.25.